The molecule has 2 atom stereocenters. The Kier molecular flexibility index (Phi) is 10.1. The smallest absolute Gasteiger partial charge is 0.408 e. The lowest BCUT2D eigenvalue weighted by molar-refractivity contribution is -0.150. The van der Waals surface area contributed by atoms with Crippen LogP contribution in [0.3, 0.4) is 0 Å². The van der Waals surface area contributed by atoms with E-state index in [1.165, 1.54) is 0 Å². The monoisotopic (exact) mass is 576 g/mol. The molecule has 3 N–H and O–H groups in total. The van der Waals surface area contributed by atoms with Crippen LogP contribution >= 0.6 is 0 Å². The zero-order valence-electron chi connectivity index (χ0n) is 24.5. The van der Waals surface area contributed by atoms with Crippen LogP contribution < -0.4 is 21.0 Å². The normalized spacial score (nSPS) is 13.5. The molecule has 0 aliphatic rings. The van der Waals surface area contributed by atoms with Crippen LogP contribution in [0.4, 0.5) is 4.79 Å². The third-order valence-electron chi connectivity index (χ3n) is 6.50. The highest BCUT2D eigenvalue weighted by Gasteiger charge is 2.52. The quantitative estimate of drug-likeness (QED) is 0.246. The first-order chi connectivity index (χ1) is 19.2. The molecule has 3 aromatic rings. The zero-order chi connectivity index (χ0) is 30.3. The Morgan fingerprint density at radius 2 is 1.22 bits per heavy atom. The lowest BCUT2D eigenvalue weighted by Gasteiger charge is -2.44. The van der Waals surface area contributed by atoms with Gasteiger partial charge >= 0.3 is 12.1 Å². The number of carboxylic acids is 1. The van der Waals surface area contributed by atoms with E-state index in [0.717, 1.165) is 15.9 Å². The van der Waals surface area contributed by atoms with E-state index in [1.54, 1.807) is 20.8 Å². The van der Waals surface area contributed by atoms with Crippen LogP contribution in [0, 0.1) is 0 Å². The van der Waals surface area contributed by atoms with Gasteiger partial charge in [-0.1, -0.05) is 112 Å². The summed E-state index contributed by atoms with van der Waals surface area (Å²) in [6, 6.07) is 27.1. The van der Waals surface area contributed by atoms with E-state index in [4.69, 9.17) is 9.16 Å². The molecule has 3 aromatic carbocycles. The van der Waals surface area contributed by atoms with Crippen molar-refractivity contribution in [2.24, 2.45) is 0 Å². The lowest BCUT2D eigenvalue weighted by atomic mass is 10.1. The Hall–Kier alpha value is -3.95. The van der Waals surface area contributed by atoms with Gasteiger partial charge in [0, 0.05) is 6.42 Å². The van der Waals surface area contributed by atoms with Gasteiger partial charge in [-0.25, -0.2) is 9.59 Å². The number of rotatable bonds is 10. The number of carbonyl (C=O) groups is 3. The van der Waals surface area contributed by atoms with Crippen LogP contribution in [0.15, 0.2) is 91.0 Å². The van der Waals surface area contributed by atoms with E-state index >= 15 is 0 Å². The van der Waals surface area contributed by atoms with Crippen LogP contribution in [0.25, 0.3) is 0 Å². The van der Waals surface area contributed by atoms with Gasteiger partial charge in [0.05, 0.1) is 0 Å². The molecular weight excluding hydrogens is 536 g/mol. The van der Waals surface area contributed by atoms with Crippen LogP contribution in [-0.4, -0.2) is 49.3 Å². The number of carbonyl (C=O) groups excluding carboxylic acids is 2. The highest BCUT2D eigenvalue weighted by Crippen LogP contribution is 2.37. The Morgan fingerprint density at radius 1 is 0.756 bits per heavy atom. The first-order valence-electron chi connectivity index (χ1n) is 13.6. The van der Waals surface area contributed by atoms with E-state index in [0.29, 0.717) is 0 Å². The fourth-order valence-electron chi connectivity index (χ4n) is 4.75. The molecule has 1 unspecified atom stereocenters. The maximum atomic E-state index is 13.7. The van der Waals surface area contributed by atoms with Crippen molar-refractivity contribution in [2.75, 3.05) is 0 Å². The summed E-state index contributed by atoms with van der Waals surface area (Å²) in [5.41, 5.74) is -0.00288. The number of ether oxygens (including phenoxy) is 1. The van der Waals surface area contributed by atoms with Crippen molar-refractivity contribution in [3.8, 4) is 0 Å². The third kappa shape index (κ3) is 8.28. The fourth-order valence-corrected chi connectivity index (χ4v) is 9.28. The van der Waals surface area contributed by atoms with Gasteiger partial charge in [-0.3, -0.25) is 4.79 Å². The Morgan fingerprint density at radius 3 is 1.63 bits per heavy atom. The molecule has 41 heavy (non-hydrogen) atoms. The van der Waals surface area contributed by atoms with Crippen LogP contribution in [-0.2, 0) is 25.2 Å². The predicted octanol–water partition coefficient (Wildman–Crippen LogP) is 4.23. The fraction of sp³-hybridized carbons (Fsp3) is 0.344. The number of alkyl carbamates (subject to hydrolysis) is 1. The highest BCUT2D eigenvalue weighted by molar-refractivity contribution is 6.99. The number of nitrogens with one attached hydrogen (secondary N) is 2. The second kappa shape index (κ2) is 13.1. The van der Waals surface area contributed by atoms with E-state index in [-0.39, 0.29) is 6.42 Å². The standard InChI is InChI=1S/C32H40N2O6Si/c1-31(2,3)39-30(38)33-26(22-23-16-10-7-11-17-23)27(35)34-28(29(36)37)40-41(32(4,5)6,24-18-12-8-13-19-24)25-20-14-9-15-21-25/h7-21,26,28H,22H2,1-6H3,(H,33,38)(H,34,35)(H,36,37)/t26-,28?/m0/s1. The maximum absolute atomic E-state index is 13.7. The molecule has 0 aliphatic carbocycles. The summed E-state index contributed by atoms with van der Waals surface area (Å²) in [6.45, 7) is 11.2. The second-order valence-corrected chi connectivity index (χ2v) is 16.1. The molecule has 3 rings (SSSR count). The topological polar surface area (TPSA) is 114 Å². The van der Waals surface area contributed by atoms with Gasteiger partial charge in [0.25, 0.3) is 8.32 Å². The van der Waals surface area contributed by atoms with Crippen molar-refractivity contribution in [1.82, 2.24) is 10.6 Å². The zero-order valence-corrected chi connectivity index (χ0v) is 25.5. The Labute approximate surface area is 243 Å². The third-order valence-corrected chi connectivity index (χ3v) is 11.5. The molecule has 2 amide bonds. The number of aliphatic carboxylic acids is 1. The van der Waals surface area contributed by atoms with Gasteiger partial charge in [-0.15, -0.1) is 0 Å². The molecule has 0 bridgehead atoms. The summed E-state index contributed by atoms with van der Waals surface area (Å²) in [4.78, 5) is 39.0. The molecule has 0 radical (unpaired) electrons. The van der Waals surface area contributed by atoms with Crippen molar-refractivity contribution < 1.29 is 28.7 Å². The highest BCUT2D eigenvalue weighted by atomic mass is 28.4. The summed E-state index contributed by atoms with van der Waals surface area (Å²) >= 11 is 0. The van der Waals surface area contributed by atoms with E-state index in [9.17, 15) is 19.5 Å². The van der Waals surface area contributed by atoms with Crippen molar-refractivity contribution in [3.05, 3.63) is 96.6 Å². The van der Waals surface area contributed by atoms with Crippen molar-refractivity contribution in [2.45, 2.75) is 70.9 Å². The van der Waals surface area contributed by atoms with Gasteiger partial charge in [-0.2, -0.15) is 0 Å². The van der Waals surface area contributed by atoms with Crippen LogP contribution in [0.1, 0.15) is 47.1 Å². The van der Waals surface area contributed by atoms with Gasteiger partial charge in [0.1, 0.15) is 11.6 Å². The van der Waals surface area contributed by atoms with Crippen molar-refractivity contribution in [3.63, 3.8) is 0 Å². The molecule has 0 heterocycles. The molecular formula is C32H40N2O6Si. The SMILES string of the molecule is CC(C)(C)OC(=O)N[C@@H](Cc1ccccc1)C(=O)NC(O[Si](c1ccccc1)(c1ccccc1)C(C)(C)C)C(=O)O. The summed E-state index contributed by atoms with van der Waals surface area (Å²) in [5.74, 6) is -2.05. The minimum absolute atomic E-state index is 0.122. The number of hydrogen-bond acceptors (Lipinski definition) is 5. The number of benzene rings is 3. The molecule has 0 saturated carbocycles. The lowest BCUT2D eigenvalue weighted by Crippen LogP contribution is -2.70. The minimum Gasteiger partial charge on any atom is -0.478 e. The first kappa shape index (κ1) is 31.6. The van der Waals surface area contributed by atoms with Gasteiger partial charge < -0.3 is 24.9 Å². The Balaban J connectivity index is 2.00. The van der Waals surface area contributed by atoms with Gasteiger partial charge in [-0.05, 0) is 41.7 Å². The van der Waals surface area contributed by atoms with Gasteiger partial charge in [0.2, 0.25) is 12.1 Å². The molecule has 0 spiro atoms. The van der Waals surface area contributed by atoms with Crippen molar-refractivity contribution in [1.29, 1.82) is 0 Å². The molecule has 218 valence electrons. The first-order valence-corrected chi connectivity index (χ1v) is 15.5. The summed E-state index contributed by atoms with van der Waals surface area (Å²) in [5, 5.41) is 16.7. The van der Waals surface area contributed by atoms with Gasteiger partial charge in [0.15, 0.2) is 0 Å². The summed E-state index contributed by atoms with van der Waals surface area (Å²) < 4.78 is 12.0. The summed E-state index contributed by atoms with van der Waals surface area (Å²) in [7, 11) is -3.32. The summed E-state index contributed by atoms with van der Waals surface area (Å²) in [6.07, 6.45) is -2.35. The average Bonchev–Trinajstić information content (AvgIpc) is 2.90. The Bertz CT molecular complexity index is 1270. The molecule has 0 fully saturated rings. The number of amides is 2. The largest absolute Gasteiger partial charge is 0.478 e. The second-order valence-electron chi connectivity index (χ2n) is 11.9. The van der Waals surface area contributed by atoms with E-state index in [1.807, 2.05) is 112 Å². The average molecular weight is 577 g/mol. The van der Waals surface area contributed by atoms with Crippen molar-refractivity contribution >= 4 is 36.7 Å². The number of hydrogen-bond donors (Lipinski definition) is 3. The molecule has 0 aromatic heterocycles. The minimum atomic E-state index is -3.32. The van der Waals surface area contributed by atoms with E-state index in [2.05, 4.69) is 10.6 Å². The van der Waals surface area contributed by atoms with Crippen LogP contribution in [0.2, 0.25) is 5.04 Å². The molecule has 0 aliphatic heterocycles. The molecule has 0 saturated heterocycles. The maximum Gasteiger partial charge on any atom is 0.408 e. The molecule has 9 heteroatoms. The number of carboxylic acid groups (broad SMARTS) is 1. The molecule has 8 nitrogen and oxygen atoms in total. The van der Waals surface area contributed by atoms with E-state index < -0.39 is 49.2 Å². The van der Waals surface area contributed by atoms with Crippen LogP contribution in [0.5, 0.6) is 0 Å². The predicted molar refractivity (Wildman–Crippen MR) is 162 cm³/mol.